The molecule has 78 valence electrons. The van der Waals surface area contributed by atoms with Crippen molar-refractivity contribution in [1.82, 2.24) is 4.90 Å². The minimum atomic E-state index is 0.772. The summed E-state index contributed by atoms with van der Waals surface area (Å²) >= 11 is 0. The fraction of sp³-hybridized carbons (Fsp3) is 1.00. The lowest BCUT2D eigenvalue weighted by molar-refractivity contribution is 0.00310. The zero-order valence-corrected chi connectivity index (χ0v) is 9.25. The summed E-state index contributed by atoms with van der Waals surface area (Å²) in [7, 11) is 0. The number of nitrogens with zero attached hydrogens (tertiary/aromatic N) is 1. The Bertz CT molecular complexity index is 132. The predicted molar refractivity (Wildman–Crippen MR) is 55.9 cm³/mol. The first kappa shape index (κ1) is 11.0. The highest BCUT2D eigenvalue weighted by molar-refractivity contribution is 4.76. The van der Waals surface area contributed by atoms with Crippen LogP contribution in [-0.4, -0.2) is 37.2 Å². The Kier molecular flexibility index (Phi) is 4.74. The molecule has 0 aromatic rings. The summed E-state index contributed by atoms with van der Waals surface area (Å²) in [4.78, 5) is 2.59. The number of morpholine rings is 1. The Morgan fingerprint density at radius 3 is 2.23 bits per heavy atom. The third-order valence-corrected chi connectivity index (χ3v) is 3.23. The van der Waals surface area contributed by atoms with Gasteiger partial charge in [0, 0.05) is 19.1 Å². The molecule has 0 amide bonds. The van der Waals surface area contributed by atoms with Gasteiger partial charge in [0.1, 0.15) is 0 Å². The van der Waals surface area contributed by atoms with E-state index in [4.69, 9.17) is 4.74 Å². The summed E-state index contributed by atoms with van der Waals surface area (Å²) in [5, 5.41) is 0. The molecule has 0 aromatic carbocycles. The van der Waals surface area contributed by atoms with Gasteiger partial charge in [-0.25, -0.2) is 0 Å². The largest absolute Gasteiger partial charge is 0.379 e. The monoisotopic (exact) mass is 185 g/mol. The number of hydrogen-bond acceptors (Lipinski definition) is 2. The molecule has 13 heavy (non-hydrogen) atoms. The fourth-order valence-electron chi connectivity index (χ4n) is 2.20. The van der Waals surface area contributed by atoms with Crippen LogP contribution in [-0.2, 0) is 4.74 Å². The van der Waals surface area contributed by atoms with Crippen LogP contribution in [0.2, 0.25) is 0 Å². The normalized spacial score (nSPS) is 24.2. The summed E-state index contributed by atoms with van der Waals surface area (Å²) in [5.74, 6) is 0.822. The molecule has 0 N–H and O–H groups in total. The molecule has 0 spiro atoms. The van der Waals surface area contributed by atoms with E-state index in [1.54, 1.807) is 0 Å². The topological polar surface area (TPSA) is 12.5 Å². The molecule has 0 aromatic heterocycles. The lowest BCUT2D eigenvalue weighted by atomic mass is 9.95. The smallest absolute Gasteiger partial charge is 0.0594 e. The molecule has 0 aliphatic carbocycles. The number of hydrogen-bond donors (Lipinski definition) is 0. The van der Waals surface area contributed by atoms with Crippen molar-refractivity contribution in [3.8, 4) is 0 Å². The molecule has 1 rings (SSSR count). The molecule has 1 aliphatic heterocycles. The van der Waals surface area contributed by atoms with Crippen LogP contribution < -0.4 is 0 Å². The highest BCUT2D eigenvalue weighted by Gasteiger charge is 2.23. The van der Waals surface area contributed by atoms with E-state index in [1.807, 2.05) is 0 Å². The summed E-state index contributed by atoms with van der Waals surface area (Å²) in [5.41, 5.74) is 0. The maximum Gasteiger partial charge on any atom is 0.0594 e. The molecule has 1 aliphatic rings. The summed E-state index contributed by atoms with van der Waals surface area (Å²) in [6.07, 6.45) is 2.56. The van der Waals surface area contributed by atoms with Crippen molar-refractivity contribution in [1.29, 1.82) is 0 Å². The van der Waals surface area contributed by atoms with E-state index >= 15 is 0 Å². The Balaban J connectivity index is 2.43. The molecule has 1 saturated heterocycles. The molecular weight excluding hydrogens is 162 g/mol. The zero-order valence-electron chi connectivity index (χ0n) is 9.25. The van der Waals surface area contributed by atoms with Gasteiger partial charge >= 0.3 is 0 Å². The fourth-order valence-corrected chi connectivity index (χ4v) is 2.20. The van der Waals surface area contributed by atoms with E-state index in [-0.39, 0.29) is 0 Å². The first-order valence-electron chi connectivity index (χ1n) is 5.61. The molecule has 2 atom stereocenters. The average molecular weight is 185 g/mol. The van der Waals surface area contributed by atoms with Crippen LogP contribution in [0.1, 0.15) is 33.6 Å². The molecule has 2 nitrogen and oxygen atoms in total. The third-order valence-electron chi connectivity index (χ3n) is 3.23. The van der Waals surface area contributed by atoms with E-state index in [2.05, 4.69) is 25.7 Å². The summed E-state index contributed by atoms with van der Waals surface area (Å²) in [6.45, 7) is 11.1. The van der Waals surface area contributed by atoms with Gasteiger partial charge in [0.15, 0.2) is 0 Å². The third kappa shape index (κ3) is 2.96. The highest BCUT2D eigenvalue weighted by Crippen LogP contribution is 2.18. The zero-order chi connectivity index (χ0) is 9.68. The van der Waals surface area contributed by atoms with Crippen LogP contribution in [0.5, 0.6) is 0 Å². The van der Waals surface area contributed by atoms with Gasteiger partial charge in [-0.15, -0.1) is 0 Å². The van der Waals surface area contributed by atoms with Gasteiger partial charge in [-0.1, -0.05) is 27.2 Å². The van der Waals surface area contributed by atoms with Crippen molar-refractivity contribution in [2.75, 3.05) is 26.3 Å². The quantitative estimate of drug-likeness (QED) is 0.665. The Morgan fingerprint density at radius 2 is 1.77 bits per heavy atom. The van der Waals surface area contributed by atoms with Crippen LogP contribution in [0.25, 0.3) is 0 Å². The minimum Gasteiger partial charge on any atom is -0.379 e. The van der Waals surface area contributed by atoms with Crippen molar-refractivity contribution < 1.29 is 4.74 Å². The van der Waals surface area contributed by atoms with Gasteiger partial charge in [0.2, 0.25) is 0 Å². The van der Waals surface area contributed by atoms with Crippen LogP contribution in [0.4, 0.5) is 0 Å². The van der Waals surface area contributed by atoms with E-state index in [1.165, 1.54) is 12.8 Å². The molecule has 0 saturated carbocycles. The van der Waals surface area contributed by atoms with Crippen molar-refractivity contribution >= 4 is 0 Å². The minimum absolute atomic E-state index is 0.772. The van der Waals surface area contributed by atoms with Crippen molar-refractivity contribution in [3.05, 3.63) is 0 Å². The van der Waals surface area contributed by atoms with Crippen LogP contribution in [0, 0.1) is 5.92 Å². The van der Waals surface area contributed by atoms with Gasteiger partial charge in [-0.05, 0) is 12.3 Å². The Morgan fingerprint density at radius 1 is 1.15 bits per heavy atom. The van der Waals surface area contributed by atoms with Gasteiger partial charge < -0.3 is 4.74 Å². The van der Waals surface area contributed by atoms with E-state index in [0.717, 1.165) is 38.3 Å². The van der Waals surface area contributed by atoms with Crippen molar-refractivity contribution in [2.24, 2.45) is 5.92 Å². The number of ether oxygens (including phenoxy) is 1. The highest BCUT2D eigenvalue weighted by atomic mass is 16.5. The predicted octanol–water partition coefficient (Wildman–Crippen LogP) is 2.14. The van der Waals surface area contributed by atoms with Gasteiger partial charge in [0.05, 0.1) is 13.2 Å². The lowest BCUT2D eigenvalue weighted by Gasteiger charge is -2.37. The maximum atomic E-state index is 5.37. The van der Waals surface area contributed by atoms with Gasteiger partial charge in [0.25, 0.3) is 0 Å². The van der Waals surface area contributed by atoms with Crippen LogP contribution >= 0.6 is 0 Å². The molecule has 0 radical (unpaired) electrons. The van der Waals surface area contributed by atoms with E-state index in [9.17, 15) is 0 Å². The van der Waals surface area contributed by atoms with Gasteiger partial charge in [-0.3, -0.25) is 4.90 Å². The molecule has 2 heteroatoms. The molecule has 0 bridgehead atoms. The number of rotatable bonds is 4. The molecule has 1 fully saturated rings. The SMILES string of the molecule is CCC(C)[C@H](CC)N1CCOCC1. The standard InChI is InChI=1S/C11H23NO/c1-4-10(3)11(5-2)12-6-8-13-9-7-12/h10-11H,4-9H2,1-3H3/t10?,11-/m0/s1. The Labute approximate surface area is 82.3 Å². The van der Waals surface area contributed by atoms with Crippen molar-refractivity contribution in [3.63, 3.8) is 0 Å². The maximum absolute atomic E-state index is 5.37. The lowest BCUT2D eigenvalue weighted by Crippen LogP contribution is -2.46. The second-order valence-corrected chi connectivity index (χ2v) is 4.01. The second-order valence-electron chi connectivity index (χ2n) is 4.01. The molecular formula is C11H23NO. The summed E-state index contributed by atoms with van der Waals surface area (Å²) < 4.78 is 5.37. The molecule has 1 unspecified atom stereocenters. The van der Waals surface area contributed by atoms with E-state index < -0.39 is 0 Å². The first-order chi connectivity index (χ1) is 6.29. The molecule has 1 heterocycles. The average Bonchev–Trinajstić information content (AvgIpc) is 2.20. The second kappa shape index (κ2) is 5.61. The van der Waals surface area contributed by atoms with Crippen LogP contribution in [0.3, 0.4) is 0 Å². The van der Waals surface area contributed by atoms with E-state index in [0.29, 0.717) is 0 Å². The van der Waals surface area contributed by atoms with Gasteiger partial charge in [-0.2, -0.15) is 0 Å². The summed E-state index contributed by atoms with van der Waals surface area (Å²) in [6, 6.07) is 0.772. The Hall–Kier alpha value is -0.0800. The first-order valence-corrected chi connectivity index (χ1v) is 5.61. The van der Waals surface area contributed by atoms with Crippen LogP contribution in [0.15, 0.2) is 0 Å². The van der Waals surface area contributed by atoms with Crippen molar-refractivity contribution in [2.45, 2.75) is 39.7 Å².